The summed E-state index contributed by atoms with van der Waals surface area (Å²) < 4.78 is 0. The lowest BCUT2D eigenvalue weighted by molar-refractivity contribution is -0.128. The summed E-state index contributed by atoms with van der Waals surface area (Å²) in [7, 11) is 0. The molecule has 2 rings (SSSR count). The molecule has 1 amide bonds. The second-order valence-corrected chi connectivity index (χ2v) is 6.43. The second-order valence-electron chi connectivity index (χ2n) is 6.43. The molecule has 0 unspecified atom stereocenters. The molecule has 3 nitrogen and oxygen atoms in total. The summed E-state index contributed by atoms with van der Waals surface area (Å²) in [6.07, 6.45) is 8.07. The maximum Gasteiger partial charge on any atom is 0.223 e. The Bertz CT molecular complexity index is 276. The van der Waals surface area contributed by atoms with Gasteiger partial charge in [0, 0.05) is 11.5 Å². The Morgan fingerprint density at radius 2 is 1.83 bits per heavy atom. The van der Waals surface area contributed by atoms with Crippen LogP contribution in [0.25, 0.3) is 0 Å². The zero-order valence-corrected chi connectivity index (χ0v) is 11.9. The average Bonchev–Trinajstić information content (AvgIpc) is 2.39. The molecule has 1 saturated carbocycles. The molecular formula is C15H28N2O. The minimum Gasteiger partial charge on any atom is -0.351 e. The van der Waals surface area contributed by atoms with Gasteiger partial charge >= 0.3 is 0 Å². The number of rotatable bonds is 3. The Labute approximate surface area is 111 Å². The fourth-order valence-corrected chi connectivity index (χ4v) is 3.34. The Morgan fingerprint density at radius 1 is 1.22 bits per heavy atom. The highest BCUT2D eigenvalue weighted by atomic mass is 16.2. The Hall–Kier alpha value is -0.570. The van der Waals surface area contributed by atoms with Crippen LogP contribution in [0.15, 0.2) is 0 Å². The van der Waals surface area contributed by atoms with Gasteiger partial charge in [-0.1, -0.05) is 13.3 Å². The average molecular weight is 252 g/mol. The van der Waals surface area contributed by atoms with E-state index in [1.165, 1.54) is 19.3 Å². The lowest BCUT2D eigenvalue weighted by Crippen LogP contribution is -2.54. The molecule has 0 aromatic rings. The molecule has 3 heteroatoms. The molecule has 1 heterocycles. The van der Waals surface area contributed by atoms with E-state index in [4.69, 9.17) is 0 Å². The van der Waals surface area contributed by atoms with Gasteiger partial charge in [-0.05, 0) is 64.5 Å². The lowest BCUT2D eigenvalue weighted by atomic mass is 9.80. The normalized spacial score (nSPS) is 31.9. The van der Waals surface area contributed by atoms with Crippen LogP contribution in [-0.2, 0) is 4.79 Å². The van der Waals surface area contributed by atoms with Crippen molar-refractivity contribution in [2.45, 2.75) is 64.3 Å². The number of nitrogens with one attached hydrogen (secondary N) is 2. The molecule has 1 saturated heterocycles. The van der Waals surface area contributed by atoms with E-state index in [1.54, 1.807) is 0 Å². The van der Waals surface area contributed by atoms with E-state index >= 15 is 0 Å². The number of carbonyl (C=O) groups is 1. The van der Waals surface area contributed by atoms with Gasteiger partial charge in [-0.2, -0.15) is 0 Å². The third kappa shape index (κ3) is 3.47. The Kier molecular flexibility index (Phi) is 4.66. The predicted octanol–water partition coefficient (Wildman–Crippen LogP) is 2.46. The first-order valence-corrected chi connectivity index (χ1v) is 7.66. The topological polar surface area (TPSA) is 41.1 Å². The van der Waals surface area contributed by atoms with Crippen molar-refractivity contribution in [2.24, 2.45) is 11.8 Å². The van der Waals surface area contributed by atoms with Crippen LogP contribution in [0.1, 0.15) is 58.8 Å². The standard InChI is InChI=1S/C15H28N2O/c1-3-12-4-6-13(7-5-12)14(18)17-15(2)8-10-16-11-9-15/h12-13,16H,3-11H2,1-2H3,(H,17,18). The quantitative estimate of drug-likeness (QED) is 0.810. The smallest absolute Gasteiger partial charge is 0.223 e. The van der Waals surface area contributed by atoms with Crippen LogP contribution in [0.5, 0.6) is 0 Å². The van der Waals surface area contributed by atoms with Crippen LogP contribution >= 0.6 is 0 Å². The van der Waals surface area contributed by atoms with E-state index in [9.17, 15) is 4.79 Å². The molecule has 0 bridgehead atoms. The molecule has 1 aliphatic carbocycles. The summed E-state index contributed by atoms with van der Waals surface area (Å²) >= 11 is 0. The number of piperidine rings is 1. The van der Waals surface area contributed by atoms with Crippen LogP contribution in [-0.4, -0.2) is 24.5 Å². The maximum atomic E-state index is 12.3. The van der Waals surface area contributed by atoms with Crippen molar-refractivity contribution >= 4 is 5.91 Å². The van der Waals surface area contributed by atoms with Gasteiger partial charge in [-0.25, -0.2) is 0 Å². The summed E-state index contributed by atoms with van der Waals surface area (Å²) in [5, 5.41) is 6.67. The molecule has 2 N–H and O–H groups in total. The molecule has 1 aliphatic heterocycles. The van der Waals surface area contributed by atoms with Gasteiger partial charge < -0.3 is 10.6 Å². The van der Waals surface area contributed by atoms with Crippen molar-refractivity contribution in [3.63, 3.8) is 0 Å². The molecule has 2 aliphatic rings. The molecule has 18 heavy (non-hydrogen) atoms. The fourth-order valence-electron chi connectivity index (χ4n) is 3.34. The van der Waals surface area contributed by atoms with Crippen molar-refractivity contribution in [1.82, 2.24) is 10.6 Å². The van der Waals surface area contributed by atoms with E-state index in [1.807, 2.05) is 0 Å². The molecule has 0 aromatic heterocycles. The van der Waals surface area contributed by atoms with E-state index in [-0.39, 0.29) is 11.5 Å². The first kappa shape index (κ1) is 13.9. The first-order chi connectivity index (χ1) is 8.63. The summed E-state index contributed by atoms with van der Waals surface area (Å²) in [6, 6.07) is 0. The third-order valence-corrected chi connectivity index (χ3v) is 4.93. The van der Waals surface area contributed by atoms with Crippen molar-refractivity contribution in [2.75, 3.05) is 13.1 Å². The predicted molar refractivity (Wildman–Crippen MR) is 74.4 cm³/mol. The van der Waals surface area contributed by atoms with Gasteiger partial charge in [-0.3, -0.25) is 4.79 Å². The minimum absolute atomic E-state index is 0.0317. The molecule has 0 aromatic carbocycles. The van der Waals surface area contributed by atoms with Crippen LogP contribution in [0.2, 0.25) is 0 Å². The maximum absolute atomic E-state index is 12.3. The van der Waals surface area contributed by atoms with Crippen LogP contribution in [0.3, 0.4) is 0 Å². The molecule has 0 spiro atoms. The van der Waals surface area contributed by atoms with E-state index in [2.05, 4.69) is 24.5 Å². The van der Waals surface area contributed by atoms with Crippen molar-refractivity contribution in [1.29, 1.82) is 0 Å². The third-order valence-electron chi connectivity index (χ3n) is 4.93. The van der Waals surface area contributed by atoms with Gasteiger partial charge in [0.2, 0.25) is 5.91 Å². The highest BCUT2D eigenvalue weighted by molar-refractivity contribution is 5.79. The minimum atomic E-state index is 0.0317. The Balaban J connectivity index is 1.81. The van der Waals surface area contributed by atoms with Gasteiger partial charge in [-0.15, -0.1) is 0 Å². The van der Waals surface area contributed by atoms with Crippen molar-refractivity contribution < 1.29 is 4.79 Å². The van der Waals surface area contributed by atoms with Crippen LogP contribution in [0.4, 0.5) is 0 Å². The summed E-state index contributed by atoms with van der Waals surface area (Å²) in [5.41, 5.74) is 0.0317. The van der Waals surface area contributed by atoms with Gasteiger partial charge in [0.1, 0.15) is 0 Å². The molecular weight excluding hydrogens is 224 g/mol. The molecule has 0 atom stereocenters. The van der Waals surface area contributed by atoms with Crippen molar-refractivity contribution in [3.05, 3.63) is 0 Å². The lowest BCUT2D eigenvalue weighted by Gasteiger charge is -2.37. The SMILES string of the molecule is CCC1CCC(C(=O)NC2(C)CCNCC2)CC1. The molecule has 2 fully saturated rings. The second kappa shape index (κ2) is 6.05. The number of carbonyl (C=O) groups excluding carboxylic acids is 1. The van der Waals surface area contributed by atoms with Gasteiger partial charge in [0.15, 0.2) is 0 Å². The fraction of sp³-hybridized carbons (Fsp3) is 0.933. The monoisotopic (exact) mass is 252 g/mol. The summed E-state index contributed by atoms with van der Waals surface area (Å²) in [4.78, 5) is 12.3. The van der Waals surface area contributed by atoms with Crippen LogP contribution < -0.4 is 10.6 Å². The number of amides is 1. The number of hydrogen-bond acceptors (Lipinski definition) is 2. The molecule has 0 radical (unpaired) electrons. The summed E-state index contributed by atoms with van der Waals surface area (Å²) in [5.74, 6) is 1.46. The zero-order chi connectivity index (χ0) is 13.0. The molecule has 104 valence electrons. The highest BCUT2D eigenvalue weighted by Gasteiger charge is 2.32. The zero-order valence-electron chi connectivity index (χ0n) is 11.9. The first-order valence-electron chi connectivity index (χ1n) is 7.66. The van der Waals surface area contributed by atoms with E-state index < -0.39 is 0 Å². The van der Waals surface area contributed by atoms with Gasteiger partial charge in [0.05, 0.1) is 0 Å². The summed E-state index contributed by atoms with van der Waals surface area (Å²) in [6.45, 7) is 6.52. The van der Waals surface area contributed by atoms with E-state index in [0.717, 1.165) is 44.7 Å². The van der Waals surface area contributed by atoms with E-state index in [0.29, 0.717) is 5.91 Å². The highest BCUT2D eigenvalue weighted by Crippen LogP contribution is 2.31. The van der Waals surface area contributed by atoms with Crippen molar-refractivity contribution in [3.8, 4) is 0 Å². The number of hydrogen-bond donors (Lipinski definition) is 2. The van der Waals surface area contributed by atoms with Crippen LogP contribution in [0, 0.1) is 11.8 Å². The largest absolute Gasteiger partial charge is 0.351 e. The van der Waals surface area contributed by atoms with Gasteiger partial charge in [0.25, 0.3) is 0 Å². The Morgan fingerprint density at radius 3 is 2.39 bits per heavy atom.